The zero-order chi connectivity index (χ0) is 13.1. The fraction of sp³-hybridized carbons (Fsp3) is 0.857. The highest BCUT2D eigenvalue weighted by molar-refractivity contribution is 5.99. The Hall–Kier alpha value is -0.860. The van der Waals surface area contributed by atoms with Crippen LogP contribution >= 0.6 is 0 Å². The smallest absolute Gasteiger partial charge is 0.230 e. The Balaban J connectivity index is 2.98. The maximum absolute atomic E-state index is 11.9. The van der Waals surface area contributed by atoms with E-state index in [1.807, 2.05) is 6.92 Å². The van der Waals surface area contributed by atoms with Gasteiger partial charge in [-0.05, 0) is 30.6 Å². The van der Waals surface area contributed by atoms with Gasteiger partial charge in [0.25, 0.3) is 0 Å². The Morgan fingerprint density at radius 3 is 2.47 bits per heavy atom. The quantitative estimate of drug-likeness (QED) is 0.750. The third kappa shape index (κ3) is 2.88. The SMILES string of the molecule is CCC(C)CC1(CC)CC(=O)NC(=O)C1CC. The molecule has 1 saturated heterocycles. The molecule has 0 bridgehead atoms. The maximum Gasteiger partial charge on any atom is 0.230 e. The molecule has 1 N–H and O–H groups in total. The van der Waals surface area contributed by atoms with E-state index in [2.05, 4.69) is 26.1 Å². The number of hydrogen-bond donors (Lipinski definition) is 1. The molecule has 0 spiro atoms. The Morgan fingerprint density at radius 1 is 1.35 bits per heavy atom. The minimum atomic E-state index is -0.108. The van der Waals surface area contributed by atoms with Crippen molar-refractivity contribution in [3.05, 3.63) is 0 Å². The number of imide groups is 1. The predicted octanol–water partition coefficient (Wildman–Crippen LogP) is 2.89. The minimum absolute atomic E-state index is 0.000741. The third-order valence-electron chi connectivity index (χ3n) is 4.40. The van der Waals surface area contributed by atoms with Crippen molar-refractivity contribution in [3.8, 4) is 0 Å². The molecule has 1 rings (SSSR count). The molecule has 1 fully saturated rings. The van der Waals surface area contributed by atoms with Crippen molar-refractivity contribution in [2.45, 2.75) is 59.8 Å². The van der Waals surface area contributed by atoms with Gasteiger partial charge in [0.1, 0.15) is 0 Å². The van der Waals surface area contributed by atoms with Crippen LogP contribution in [0.1, 0.15) is 59.8 Å². The first-order valence-electron chi connectivity index (χ1n) is 6.82. The van der Waals surface area contributed by atoms with Gasteiger partial charge in [-0.3, -0.25) is 14.9 Å². The average Bonchev–Trinajstić information content (AvgIpc) is 2.28. The molecule has 98 valence electrons. The molecule has 1 aliphatic heterocycles. The normalized spacial score (nSPS) is 31.2. The summed E-state index contributed by atoms with van der Waals surface area (Å²) in [5.41, 5.74) is -0.108. The van der Waals surface area contributed by atoms with E-state index < -0.39 is 0 Å². The second kappa shape index (κ2) is 5.65. The number of carbonyl (C=O) groups excluding carboxylic acids is 2. The van der Waals surface area contributed by atoms with Gasteiger partial charge in [0.2, 0.25) is 11.8 Å². The number of piperidine rings is 1. The van der Waals surface area contributed by atoms with E-state index in [0.29, 0.717) is 12.3 Å². The molecule has 0 saturated carbocycles. The number of hydrogen-bond acceptors (Lipinski definition) is 2. The van der Waals surface area contributed by atoms with Gasteiger partial charge < -0.3 is 0 Å². The van der Waals surface area contributed by atoms with Crippen LogP contribution in [0.2, 0.25) is 0 Å². The second-order valence-corrected chi connectivity index (χ2v) is 5.48. The molecule has 0 aromatic rings. The van der Waals surface area contributed by atoms with E-state index in [9.17, 15) is 9.59 Å². The summed E-state index contributed by atoms with van der Waals surface area (Å²) in [5.74, 6) is 0.417. The topological polar surface area (TPSA) is 46.2 Å². The van der Waals surface area contributed by atoms with Gasteiger partial charge in [-0.25, -0.2) is 0 Å². The van der Waals surface area contributed by atoms with E-state index >= 15 is 0 Å². The summed E-state index contributed by atoms with van der Waals surface area (Å²) in [6.45, 7) is 8.53. The van der Waals surface area contributed by atoms with Crippen molar-refractivity contribution in [2.75, 3.05) is 0 Å². The number of amides is 2. The zero-order valence-electron chi connectivity index (χ0n) is 11.5. The molecule has 0 aromatic heterocycles. The largest absolute Gasteiger partial charge is 0.296 e. The van der Waals surface area contributed by atoms with Gasteiger partial charge in [0.15, 0.2) is 0 Å². The van der Waals surface area contributed by atoms with Crippen molar-refractivity contribution in [2.24, 2.45) is 17.3 Å². The first-order valence-corrected chi connectivity index (χ1v) is 6.82. The molecule has 3 unspecified atom stereocenters. The van der Waals surface area contributed by atoms with Crippen molar-refractivity contribution in [1.29, 1.82) is 0 Å². The van der Waals surface area contributed by atoms with Crippen LogP contribution < -0.4 is 5.32 Å². The van der Waals surface area contributed by atoms with Gasteiger partial charge in [0, 0.05) is 12.3 Å². The summed E-state index contributed by atoms with van der Waals surface area (Å²) in [6, 6.07) is 0. The number of nitrogens with one attached hydrogen (secondary N) is 1. The molecule has 1 heterocycles. The molecule has 17 heavy (non-hydrogen) atoms. The summed E-state index contributed by atoms with van der Waals surface area (Å²) in [7, 11) is 0. The summed E-state index contributed by atoms with van der Waals surface area (Å²) in [5, 5.41) is 2.48. The van der Waals surface area contributed by atoms with E-state index in [4.69, 9.17) is 0 Å². The monoisotopic (exact) mass is 239 g/mol. The standard InChI is InChI=1S/C14H25NO2/c1-5-10(4)8-14(7-3)9-12(16)15-13(17)11(14)6-2/h10-11H,5-9H2,1-4H3,(H,15,16,17). The zero-order valence-corrected chi connectivity index (χ0v) is 11.5. The van der Waals surface area contributed by atoms with Crippen LogP contribution in [-0.4, -0.2) is 11.8 Å². The van der Waals surface area contributed by atoms with Crippen LogP contribution in [0.4, 0.5) is 0 Å². The Labute approximate surface area is 104 Å². The fourth-order valence-electron chi connectivity index (χ4n) is 3.18. The van der Waals surface area contributed by atoms with E-state index in [1.165, 1.54) is 0 Å². The van der Waals surface area contributed by atoms with Crippen molar-refractivity contribution in [3.63, 3.8) is 0 Å². The van der Waals surface area contributed by atoms with Crippen LogP contribution in [0, 0.1) is 17.3 Å². The highest BCUT2D eigenvalue weighted by atomic mass is 16.2. The minimum Gasteiger partial charge on any atom is -0.296 e. The lowest BCUT2D eigenvalue weighted by Crippen LogP contribution is -2.52. The van der Waals surface area contributed by atoms with Crippen molar-refractivity contribution < 1.29 is 9.59 Å². The number of carbonyl (C=O) groups is 2. The van der Waals surface area contributed by atoms with E-state index in [0.717, 1.165) is 25.7 Å². The fourth-order valence-corrected chi connectivity index (χ4v) is 3.18. The molecule has 3 heteroatoms. The van der Waals surface area contributed by atoms with E-state index in [-0.39, 0.29) is 23.1 Å². The first kappa shape index (κ1) is 14.2. The summed E-state index contributed by atoms with van der Waals surface area (Å²) >= 11 is 0. The molecule has 2 amide bonds. The lowest BCUT2D eigenvalue weighted by Gasteiger charge is -2.43. The Bertz CT molecular complexity index is 301. The van der Waals surface area contributed by atoms with Crippen molar-refractivity contribution >= 4 is 11.8 Å². The lowest BCUT2D eigenvalue weighted by atomic mass is 9.63. The summed E-state index contributed by atoms with van der Waals surface area (Å²) in [4.78, 5) is 23.6. The highest BCUT2D eigenvalue weighted by Crippen LogP contribution is 2.45. The molecular formula is C14H25NO2. The third-order valence-corrected chi connectivity index (χ3v) is 4.40. The number of rotatable bonds is 5. The van der Waals surface area contributed by atoms with Gasteiger partial charge in [-0.1, -0.05) is 34.1 Å². The average molecular weight is 239 g/mol. The highest BCUT2D eigenvalue weighted by Gasteiger charge is 2.46. The van der Waals surface area contributed by atoms with Crippen LogP contribution in [0.15, 0.2) is 0 Å². The van der Waals surface area contributed by atoms with Gasteiger partial charge in [-0.15, -0.1) is 0 Å². The lowest BCUT2D eigenvalue weighted by molar-refractivity contribution is -0.145. The van der Waals surface area contributed by atoms with Gasteiger partial charge in [-0.2, -0.15) is 0 Å². The molecule has 3 atom stereocenters. The molecule has 0 aliphatic carbocycles. The molecule has 0 aromatic carbocycles. The molecule has 0 radical (unpaired) electrons. The Morgan fingerprint density at radius 2 is 2.00 bits per heavy atom. The van der Waals surface area contributed by atoms with E-state index in [1.54, 1.807) is 0 Å². The summed E-state index contributed by atoms with van der Waals surface area (Å²) < 4.78 is 0. The van der Waals surface area contributed by atoms with Crippen LogP contribution in [0.25, 0.3) is 0 Å². The molecule has 1 aliphatic rings. The van der Waals surface area contributed by atoms with Gasteiger partial charge in [0.05, 0.1) is 0 Å². The predicted molar refractivity (Wildman–Crippen MR) is 68.3 cm³/mol. The molecule has 3 nitrogen and oxygen atoms in total. The maximum atomic E-state index is 11.9. The van der Waals surface area contributed by atoms with Crippen LogP contribution in [0.3, 0.4) is 0 Å². The Kier molecular flexibility index (Phi) is 4.72. The summed E-state index contributed by atoms with van der Waals surface area (Å²) in [6.07, 6.45) is 4.34. The second-order valence-electron chi connectivity index (χ2n) is 5.48. The van der Waals surface area contributed by atoms with Crippen LogP contribution in [-0.2, 0) is 9.59 Å². The van der Waals surface area contributed by atoms with Gasteiger partial charge >= 0.3 is 0 Å². The first-order chi connectivity index (χ1) is 7.99. The van der Waals surface area contributed by atoms with Crippen molar-refractivity contribution in [1.82, 2.24) is 5.32 Å². The molecular weight excluding hydrogens is 214 g/mol. The van der Waals surface area contributed by atoms with Crippen LogP contribution in [0.5, 0.6) is 0 Å².